The van der Waals surface area contributed by atoms with Gasteiger partial charge in [0.2, 0.25) is 0 Å². The number of H-pyrrole nitrogens is 1. The van der Waals surface area contributed by atoms with Gasteiger partial charge in [0.15, 0.2) is 0 Å². The Kier molecular flexibility index (Phi) is 5.23. The van der Waals surface area contributed by atoms with E-state index in [0.29, 0.717) is 22.8 Å². The van der Waals surface area contributed by atoms with Crippen molar-refractivity contribution in [3.63, 3.8) is 0 Å². The summed E-state index contributed by atoms with van der Waals surface area (Å²) in [6, 6.07) is 15.8. The van der Waals surface area contributed by atoms with E-state index >= 15 is 0 Å². The fraction of sp³-hybridized carbons (Fsp3) is 0.0870. The normalized spacial score (nSPS) is 10.9. The summed E-state index contributed by atoms with van der Waals surface area (Å²) >= 11 is 6.12. The molecule has 2 aromatic heterocycles. The number of halogens is 2. The highest BCUT2D eigenvalue weighted by Crippen LogP contribution is 2.29. The van der Waals surface area contributed by atoms with Gasteiger partial charge in [-0.15, -0.1) is 0 Å². The molecule has 0 fully saturated rings. The first kappa shape index (κ1) is 19.0. The fourth-order valence-corrected chi connectivity index (χ4v) is 3.38. The predicted octanol–water partition coefficient (Wildman–Crippen LogP) is 6.44. The van der Waals surface area contributed by atoms with E-state index in [4.69, 9.17) is 16.1 Å². The van der Waals surface area contributed by atoms with E-state index in [1.807, 2.05) is 43.5 Å². The van der Waals surface area contributed by atoms with Crippen LogP contribution in [0.3, 0.4) is 0 Å². The number of benzene rings is 2. The molecule has 0 aliphatic carbocycles. The highest BCUT2D eigenvalue weighted by atomic mass is 35.5. The van der Waals surface area contributed by atoms with Crippen molar-refractivity contribution in [3.05, 3.63) is 101 Å². The molecule has 0 aliphatic heterocycles. The highest BCUT2D eigenvalue weighted by Gasteiger charge is 2.16. The van der Waals surface area contributed by atoms with Crippen LogP contribution in [0, 0.1) is 12.7 Å². The van der Waals surface area contributed by atoms with Crippen LogP contribution in [0.25, 0.3) is 17.0 Å². The van der Waals surface area contributed by atoms with Crippen molar-refractivity contribution in [3.8, 4) is 11.3 Å². The predicted molar refractivity (Wildman–Crippen MR) is 114 cm³/mol. The minimum absolute atomic E-state index is 0.300. The Morgan fingerprint density at radius 3 is 2.83 bits per heavy atom. The van der Waals surface area contributed by atoms with Crippen molar-refractivity contribution in [1.82, 2.24) is 10.1 Å². The molecule has 146 valence electrons. The van der Waals surface area contributed by atoms with Crippen molar-refractivity contribution in [2.24, 2.45) is 0 Å². The molecule has 0 atom stereocenters. The van der Waals surface area contributed by atoms with Crippen LogP contribution < -0.4 is 5.32 Å². The van der Waals surface area contributed by atoms with Gasteiger partial charge in [-0.1, -0.05) is 41.5 Å². The standard InChI is InChI=1S/C23H19ClFN3O/c1-14(27-20-8-4-7-19(25)12-20)22-10-16(13-26-22)9-21-15(2)29-28-23(21)17-5-3-6-18(24)11-17/h3-8,10-13,26-27H,1,9H2,2H3. The molecule has 2 heterocycles. The van der Waals surface area contributed by atoms with Gasteiger partial charge in [0.25, 0.3) is 0 Å². The maximum absolute atomic E-state index is 13.4. The average Bonchev–Trinajstić information content (AvgIpc) is 3.30. The molecule has 4 aromatic rings. The van der Waals surface area contributed by atoms with Crippen molar-refractivity contribution >= 4 is 23.0 Å². The molecule has 0 spiro atoms. The van der Waals surface area contributed by atoms with E-state index < -0.39 is 0 Å². The number of hydrogen-bond donors (Lipinski definition) is 2. The lowest BCUT2D eigenvalue weighted by molar-refractivity contribution is 0.398. The molecule has 2 aromatic carbocycles. The molecule has 29 heavy (non-hydrogen) atoms. The second kappa shape index (κ2) is 7.97. The number of rotatable bonds is 6. The van der Waals surface area contributed by atoms with E-state index in [2.05, 4.69) is 22.0 Å². The number of anilines is 1. The second-order valence-electron chi connectivity index (χ2n) is 6.79. The molecule has 2 N–H and O–H groups in total. The monoisotopic (exact) mass is 407 g/mol. The molecule has 0 amide bonds. The van der Waals surface area contributed by atoms with Gasteiger partial charge in [0, 0.05) is 34.5 Å². The molecule has 4 nitrogen and oxygen atoms in total. The van der Waals surface area contributed by atoms with E-state index in [1.54, 1.807) is 12.1 Å². The number of aryl methyl sites for hydroxylation is 1. The third kappa shape index (κ3) is 4.25. The molecule has 0 unspecified atom stereocenters. The Hall–Kier alpha value is -3.31. The van der Waals surface area contributed by atoms with E-state index in [-0.39, 0.29) is 5.82 Å². The van der Waals surface area contributed by atoms with Crippen molar-refractivity contribution < 1.29 is 8.91 Å². The minimum Gasteiger partial charge on any atom is -0.361 e. The van der Waals surface area contributed by atoms with Crippen molar-refractivity contribution in [2.45, 2.75) is 13.3 Å². The van der Waals surface area contributed by atoms with Gasteiger partial charge in [-0.25, -0.2) is 4.39 Å². The van der Waals surface area contributed by atoms with Crippen LogP contribution in [0.15, 0.2) is 71.9 Å². The van der Waals surface area contributed by atoms with Gasteiger partial charge in [-0.2, -0.15) is 0 Å². The maximum atomic E-state index is 13.4. The van der Waals surface area contributed by atoms with Crippen LogP contribution >= 0.6 is 11.6 Å². The van der Waals surface area contributed by atoms with Crippen LogP contribution in [0.2, 0.25) is 5.02 Å². The zero-order valence-corrected chi connectivity index (χ0v) is 16.6. The largest absolute Gasteiger partial charge is 0.361 e. The van der Waals surface area contributed by atoms with Crippen LogP contribution in [0.1, 0.15) is 22.6 Å². The molecular weight excluding hydrogens is 389 g/mol. The first-order valence-electron chi connectivity index (χ1n) is 9.10. The lowest BCUT2D eigenvalue weighted by Gasteiger charge is -2.08. The van der Waals surface area contributed by atoms with Crippen molar-refractivity contribution in [1.29, 1.82) is 0 Å². The van der Waals surface area contributed by atoms with Crippen LogP contribution in [-0.2, 0) is 6.42 Å². The molecule has 0 saturated carbocycles. The Morgan fingerprint density at radius 1 is 1.21 bits per heavy atom. The van der Waals surface area contributed by atoms with Gasteiger partial charge >= 0.3 is 0 Å². The van der Waals surface area contributed by atoms with Crippen LogP contribution in [0.5, 0.6) is 0 Å². The highest BCUT2D eigenvalue weighted by molar-refractivity contribution is 6.30. The zero-order valence-electron chi connectivity index (χ0n) is 15.8. The molecular formula is C23H19ClFN3O. The van der Waals surface area contributed by atoms with Gasteiger partial charge in [-0.05, 0) is 48.9 Å². The SMILES string of the molecule is C=C(Nc1cccc(F)c1)c1cc(Cc2c(-c3cccc(Cl)c3)noc2C)c[nH]1. The summed E-state index contributed by atoms with van der Waals surface area (Å²) in [6.07, 6.45) is 2.56. The summed E-state index contributed by atoms with van der Waals surface area (Å²) in [6.45, 7) is 5.94. The van der Waals surface area contributed by atoms with Gasteiger partial charge in [0.05, 0.1) is 11.4 Å². The van der Waals surface area contributed by atoms with E-state index in [0.717, 1.165) is 33.8 Å². The lowest BCUT2D eigenvalue weighted by atomic mass is 10.0. The molecule has 0 saturated heterocycles. The molecule has 4 rings (SSSR count). The molecule has 0 bridgehead atoms. The summed E-state index contributed by atoms with van der Waals surface area (Å²) in [5, 5.41) is 7.99. The minimum atomic E-state index is -0.300. The number of nitrogens with one attached hydrogen (secondary N) is 2. The van der Waals surface area contributed by atoms with Crippen LogP contribution in [-0.4, -0.2) is 10.1 Å². The number of aromatic nitrogens is 2. The molecule has 6 heteroatoms. The number of nitrogens with zero attached hydrogens (tertiary/aromatic N) is 1. The smallest absolute Gasteiger partial charge is 0.137 e. The zero-order chi connectivity index (χ0) is 20.4. The molecule has 0 radical (unpaired) electrons. The average molecular weight is 408 g/mol. The van der Waals surface area contributed by atoms with Gasteiger partial charge in [-0.3, -0.25) is 0 Å². The first-order chi connectivity index (χ1) is 14.0. The summed E-state index contributed by atoms with van der Waals surface area (Å²) in [4.78, 5) is 3.21. The second-order valence-corrected chi connectivity index (χ2v) is 7.22. The van der Waals surface area contributed by atoms with E-state index in [1.165, 1.54) is 12.1 Å². The maximum Gasteiger partial charge on any atom is 0.137 e. The Bertz CT molecular complexity index is 1180. The quantitative estimate of drug-likeness (QED) is 0.386. The topological polar surface area (TPSA) is 53.9 Å². The summed E-state index contributed by atoms with van der Waals surface area (Å²) < 4.78 is 18.8. The number of aromatic amines is 1. The number of hydrogen-bond acceptors (Lipinski definition) is 3. The summed E-state index contributed by atoms with van der Waals surface area (Å²) in [7, 11) is 0. The fourth-order valence-electron chi connectivity index (χ4n) is 3.19. The Balaban J connectivity index is 1.54. The lowest BCUT2D eigenvalue weighted by Crippen LogP contribution is -1.97. The molecule has 0 aliphatic rings. The summed E-state index contributed by atoms with van der Waals surface area (Å²) in [5.74, 6) is 0.464. The third-order valence-corrected chi connectivity index (χ3v) is 4.89. The van der Waals surface area contributed by atoms with E-state index in [9.17, 15) is 4.39 Å². The van der Waals surface area contributed by atoms with Gasteiger partial charge in [0.1, 0.15) is 17.3 Å². The van der Waals surface area contributed by atoms with Crippen LogP contribution in [0.4, 0.5) is 10.1 Å². The first-order valence-corrected chi connectivity index (χ1v) is 9.47. The Labute approximate surface area is 173 Å². The van der Waals surface area contributed by atoms with Gasteiger partial charge < -0.3 is 14.8 Å². The third-order valence-electron chi connectivity index (χ3n) is 4.65. The Morgan fingerprint density at radius 2 is 2.03 bits per heavy atom. The van der Waals surface area contributed by atoms with Crippen molar-refractivity contribution in [2.75, 3.05) is 5.32 Å². The summed E-state index contributed by atoms with van der Waals surface area (Å²) in [5.41, 5.74) is 5.87.